The van der Waals surface area contributed by atoms with Gasteiger partial charge in [0.05, 0.1) is 5.69 Å². The molecule has 3 rings (SSSR count). The molecule has 0 saturated carbocycles. The molecule has 0 aliphatic rings. The molecule has 0 unspecified atom stereocenters. The van der Waals surface area contributed by atoms with E-state index in [1.54, 1.807) is 16.8 Å². The molecule has 0 fully saturated rings. The van der Waals surface area contributed by atoms with Crippen molar-refractivity contribution >= 4 is 11.8 Å². The molecular formula is C16H15FN4S. The molecule has 0 spiro atoms. The number of nitrogens with zero attached hydrogens (tertiary/aromatic N) is 4. The highest BCUT2D eigenvalue weighted by Gasteiger charge is 2.14. The van der Waals surface area contributed by atoms with Crippen LogP contribution < -0.4 is 0 Å². The number of rotatable bonds is 4. The minimum Gasteiger partial charge on any atom is -0.207 e. The molecule has 0 amide bonds. The summed E-state index contributed by atoms with van der Waals surface area (Å²) in [5.41, 5.74) is 3.81. The van der Waals surface area contributed by atoms with Crippen LogP contribution in [0, 0.1) is 19.7 Å². The second-order valence-electron chi connectivity index (χ2n) is 4.99. The average molecular weight is 314 g/mol. The Hall–Kier alpha value is -2.21. The molecule has 4 nitrogen and oxygen atoms in total. The minimum atomic E-state index is -0.207. The Kier molecular flexibility index (Phi) is 4.20. The van der Waals surface area contributed by atoms with Gasteiger partial charge in [-0.15, -0.1) is 5.10 Å². The summed E-state index contributed by atoms with van der Waals surface area (Å²) in [5.74, 6) is 0.277. The molecule has 2 aromatic carbocycles. The third-order valence-corrected chi connectivity index (χ3v) is 4.37. The van der Waals surface area contributed by atoms with Crippen LogP contribution in [0.5, 0.6) is 0 Å². The van der Waals surface area contributed by atoms with E-state index >= 15 is 0 Å². The second kappa shape index (κ2) is 6.27. The summed E-state index contributed by atoms with van der Waals surface area (Å²) in [6.45, 7) is 4.05. The van der Waals surface area contributed by atoms with Gasteiger partial charge in [0.2, 0.25) is 5.16 Å². The zero-order chi connectivity index (χ0) is 15.5. The molecule has 0 N–H and O–H groups in total. The molecule has 0 saturated heterocycles. The van der Waals surface area contributed by atoms with Crippen LogP contribution in [0.15, 0.2) is 47.6 Å². The van der Waals surface area contributed by atoms with Crippen molar-refractivity contribution in [2.45, 2.75) is 24.8 Å². The van der Waals surface area contributed by atoms with E-state index in [4.69, 9.17) is 0 Å². The van der Waals surface area contributed by atoms with Crippen LogP contribution in [-0.2, 0) is 5.75 Å². The van der Waals surface area contributed by atoms with Gasteiger partial charge in [-0.05, 0) is 47.0 Å². The first-order chi connectivity index (χ1) is 10.7. The summed E-state index contributed by atoms with van der Waals surface area (Å²) in [6.07, 6.45) is 0. The van der Waals surface area contributed by atoms with Crippen molar-refractivity contribution < 1.29 is 4.39 Å². The van der Waals surface area contributed by atoms with E-state index in [9.17, 15) is 4.39 Å². The average Bonchev–Trinajstić information content (AvgIpc) is 2.94. The Bertz CT molecular complexity index is 780. The molecule has 0 aliphatic heterocycles. The predicted octanol–water partition coefficient (Wildman–Crippen LogP) is 3.71. The first-order valence-electron chi connectivity index (χ1n) is 6.88. The molecule has 22 heavy (non-hydrogen) atoms. The fraction of sp³-hybridized carbons (Fsp3) is 0.188. The summed E-state index contributed by atoms with van der Waals surface area (Å²) in [6, 6.07) is 12.8. The zero-order valence-electron chi connectivity index (χ0n) is 12.3. The Morgan fingerprint density at radius 1 is 1.05 bits per heavy atom. The van der Waals surface area contributed by atoms with Crippen molar-refractivity contribution in [2.24, 2.45) is 0 Å². The summed E-state index contributed by atoms with van der Waals surface area (Å²) in [5, 5.41) is 12.6. The summed E-state index contributed by atoms with van der Waals surface area (Å²) >= 11 is 1.42. The summed E-state index contributed by atoms with van der Waals surface area (Å²) in [4.78, 5) is 0. The zero-order valence-corrected chi connectivity index (χ0v) is 13.1. The third-order valence-electron chi connectivity index (χ3n) is 3.41. The maximum absolute atomic E-state index is 13.7. The van der Waals surface area contributed by atoms with E-state index in [2.05, 4.69) is 15.5 Å². The standard InChI is InChI=1S/C16H15FN4S/c1-11-6-5-7-12(2)15(11)21-16(18-19-20-21)22-10-13-8-3-4-9-14(13)17/h3-9H,10H2,1-2H3. The molecule has 3 aromatic rings. The molecule has 0 bridgehead atoms. The highest BCUT2D eigenvalue weighted by molar-refractivity contribution is 7.98. The van der Waals surface area contributed by atoms with E-state index in [1.807, 2.05) is 38.1 Å². The van der Waals surface area contributed by atoms with E-state index in [1.165, 1.54) is 17.8 Å². The monoisotopic (exact) mass is 314 g/mol. The molecule has 0 atom stereocenters. The molecule has 112 valence electrons. The Morgan fingerprint density at radius 3 is 2.50 bits per heavy atom. The third kappa shape index (κ3) is 2.87. The lowest BCUT2D eigenvalue weighted by molar-refractivity contribution is 0.617. The molecule has 1 aromatic heterocycles. The lowest BCUT2D eigenvalue weighted by Crippen LogP contribution is -2.04. The van der Waals surface area contributed by atoms with E-state index < -0.39 is 0 Å². The quantitative estimate of drug-likeness (QED) is 0.689. The maximum atomic E-state index is 13.7. The number of halogens is 1. The van der Waals surface area contributed by atoms with E-state index in [0.29, 0.717) is 16.5 Å². The van der Waals surface area contributed by atoms with Crippen molar-refractivity contribution in [1.82, 2.24) is 20.2 Å². The van der Waals surface area contributed by atoms with Crippen LogP contribution >= 0.6 is 11.8 Å². The fourth-order valence-corrected chi connectivity index (χ4v) is 3.17. The van der Waals surface area contributed by atoms with Crippen LogP contribution in [0.4, 0.5) is 4.39 Å². The molecule has 1 heterocycles. The number of aromatic nitrogens is 4. The molecule has 6 heteroatoms. The number of thioether (sulfide) groups is 1. The number of para-hydroxylation sites is 1. The SMILES string of the molecule is Cc1cccc(C)c1-n1nnnc1SCc1ccccc1F. The van der Waals surface area contributed by atoms with Crippen LogP contribution in [0.25, 0.3) is 5.69 Å². The summed E-state index contributed by atoms with van der Waals surface area (Å²) in [7, 11) is 0. The van der Waals surface area contributed by atoms with E-state index in [-0.39, 0.29) is 5.82 Å². The summed E-state index contributed by atoms with van der Waals surface area (Å²) < 4.78 is 15.4. The predicted molar refractivity (Wildman–Crippen MR) is 84.6 cm³/mol. The fourth-order valence-electron chi connectivity index (χ4n) is 2.31. The van der Waals surface area contributed by atoms with Gasteiger partial charge in [-0.3, -0.25) is 0 Å². The maximum Gasteiger partial charge on any atom is 0.214 e. The number of hydrogen-bond acceptors (Lipinski definition) is 4. The number of benzene rings is 2. The topological polar surface area (TPSA) is 43.6 Å². The van der Waals surface area contributed by atoms with Gasteiger partial charge in [-0.1, -0.05) is 48.2 Å². The van der Waals surface area contributed by atoms with Gasteiger partial charge < -0.3 is 0 Å². The number of aryl methyl sites for hydroxylation is 2. The van der Waals surface area contributed by atoms with Gasteiger partial charge in [0.1, 0.15) is 5.82 Å². The molecular weight excluding hydrogens is 299 g/mol. The van der Waals surface area contributed by atoms with Crippen molar-refractivity contribution in [3.05, 3.63) is 65.0 Å². The highest BCUT2D eigenvalue weighted by atomic mass is 32.2. The molecule has 0 aliphatic carbocycles. The van der Waals surface area contributed by atoms with Crippen molar-refractivity contribution in [3.8, 4) is 5.69 Å². The van der Waals surface area contributed by atoms with Gasteiger partial charge in [0, 0.05) is 5.75 Å². The first-order valence-corrected chi connectivity index (χ1v) is 7.86. The second-order valence-corrected chi connectivity index (χ2v) is 5.94. The van der Waals surface area contributed by atoms with Gasteiger partial charge in [0.15, 0.2) is 0 Å². The normalized spacial score (nSPS) is 10.9. The Labute approximate surface area is 132 Å². The van der Waals surface area contributed by atoms with Crippen LogP contribution in [-0.4, -0.2) is 20.2 Å². The smallest absolute Gasteiger partial charge is 0.207 e. The van der Waals surface area contributed by atoms with Crippen molar-refractivity contribution in [1.29, 1.82) is 0 Å². The number of tetrazole rings is 1. The van der Waals surface area contributed by atoms with Crippen LogP contribution in [0.1, 0.15) is 16.7 Å². The van der Waals surface area contributed by atoms with Crippen LogP contribution in [0.2, 0.25) is 0 Å². The van der Waals surface area contributed by atoms with Gasteiger partial charge in [-0.2, -0.15) is 4.68 Å². The van der Waals surface area contributed by atoms with E-state index in [0.717, 1.165) is 16.8 Å². The number of hydrogen-bond donors (Lipinski definition) is 0. The largest absolute Gasteiger partial charge is 0.214 e. The Morgan fingerprint density at radius 2 is 1.77 bits per heavy atom. The Balaban J connectivity index is 1.89. The van der Waals surface area contributed by atoms with Gasteiger partial charge in [0.25, 0.3) is 0 Å². The van der Waals surface area contributed by atoms with Crippen molar-refractivity contribution in [2.75, 3.05) is 0 Å². The lowest BCUT2D eigenvalue weighted by atomic mass is 10.1. The van der Waals surface area contributed by atoms with Crippen molar-refractivity contribution in [3.63, 3.8) is 0 Å². The highest BCUT2D eigenvalue weighted by Crippen LogP contribution is 2.26. The minimum absolute atomic E-state index is 0.207. The van der Waals surface area contributed by atoms with Gasteiger partial charge in [-0.25, -0.2) is 4.39 Å². The first kappa shape index (κ1) is 14.7. The van der Waals surface area contributed by atoms with Crippen LogP contribution in [0.3, 0.4) is 0 Å². The lowest BCUT2D eigenvalue weighted by Gasteiger charge is -2.10. The van der Waals surface area contributed by atoms with Gasteiger partial charge >= 0.3 is 0 Å². The molecule has 0 radical (unpaired) electrons.